The van der Waals surface area contributed by atoms with Gasteiger partial charge in [-0.05, 0) is 36.8 Å². The van der Waals surface area contributed by atoms with E-state index in [1.54, 1.807) is 11.3 Å². The van der Waals surface area contributed by atoms with E-state index >= 15 is 0 Å². The van der Waals surface area contributed by atoms with Crippen LogP contribution in [0, 0.1) is 6.92 Å². The molecule has 0 saturated heterocycles. The van der Waals surface area contributed by atoms with Crippen LogP contribution in [0.2, 0.25) is 0 Å². The van der Waals surface area contributed by atoms with Crippen molar-refractivity contribution < 1.29 is 9.52 Å². The first-order chi connectivity index (χ1) is 15.9. The highest BCUT2D eigenvalue weighted by Gasteiger charge is 2.24. The zero-order valence-corrected chi connectivity index (χ0v) is 20.1. The van der Waals surface area contributed by atoms with E-state index in [-0.39, 0.29) is 17.2 Å². The Balaban J connectivity index is 1.81. The predicted molar refractivity (Wildman–Crippen MR) is 130 cm³/mol. The molecule has 0 fully saturated rings. The highest BCUT2D eigenvalue weighted by Crippen LogP contribution is 2.38. The van der Waals surface area contributed by atoms with Crippen molar-refractivity contribution in [3.05, 3.63) is 67.8 Å². The monoisotopic (exact) mass is 464 g/mol. The Morgan fingerprint density at radius 3 is 2.73 bits per heavy atom. The van der Waals surface area contributed by atoms with Crippen LogP contribution in [0.15, 0.2) is 38.9 Å². The van der Waals surface area contributed by atoms with Crippen LogP contribution in [0.3, 0.4) is 0 Å². The second-order valence-electron chi connectivity index (χ2n) is 8.45. The highest BCUT2D eigenvalue weighted by molar-refractivity contribution is 7.09. The number of aromatic nitrogens is 4. The summed E-state index contributed by atoms with van der Waals surface area (Å²) in [4.78, 5) is 20.4. The van der Waals surface area contributed by atoms with Crippen molar-refractivity contribution in [3.8, 4) is 28.3 Å². The molecule has 172 valence electrons. The fourth-order valence-corrected chi connectivity index (χ4v) is 4.42. The number of nitrogens with one attached hydrogen (secondary N) is 1. The molecule has 0 bridgehead atoms. The summed E-state index contributed by atoms with van der Waals surface area (Å²) in [5, 5.41) is 22.4. The van der Waals surface area contributed by atoms with Gasteiger partial charge in [-0.1, -0.05) is 51.5 Å². The summed E-state index contributed by atoms with van der Waals surface area (Å²) in [5.74, 6) is 0.540. The van der Waals surface area contributed by atoms with Crippen LogP contribution in [0.4, 0.5) is 0 Å². The number of nitrogens with zero attached hydrogens (tertiary/aromatic N) is 3. The molecule has 4 rings (SSSR count). The van der Waals surface area contributed by atoms with Crippen molar-refractivity contribution in [2.75, 3.05) is 0 Å². The minimum Gasteiger partial charge on any atom is -0.506 e. The second kappa shape index (κ2) is 9.70. The maximum absolute atomic E-state index is 13.0. The van der Waals surface area contributed by atoms with Gasteiger partial charge in [0.2, 0.25) is 5.89 Å². The van der Waals surface area contributed by atoms with Gasteiger partial charge in [0.05, 0.1) is 17.1 Å². The van der Waals surface area contributed by atoms with Crippen LogP contribution in [-0.4, -0.2) is 25.3 Å². The molecule has 0 atom stereocenters. The lowest BCUT2D eigenvalue weighted by Gasteiger charge is -2.15. The maximum atomic E-state index is 13.0. The third-order valence-corrected chi connectivity index (χ3v) is 6.39. The number of thiazole rings is 1. The normalized spacial score (nSPS) is 11.4. The smallest absolute Gasteiger partial charge is 0.264 e. The average Bonchev–Trinajstić information content (AvgIpc) is 3.41. The number of rotatable bonds is 8. The van der Waals surface area contributed by atoms with E-state index < -0.39 is 5.56 Å². The Labute approximate surface area is 196 Å². The Bertz CT molecular complexity index is 1320. The Kier molecular flexibility index (Phi) is 6.74. The molecule has 1 aromatic carbocycles. The average molecular weight is 465 g/mol. The van der Waals surface area contributed by atoms with Gasteiger partial charge in [0.1, 0.15) is 11.3 Å². The third-order valence-electron chi connectivity index (χ3n) is 5.57. The van der Waals surface area contributed by atoms with Gasteiger partial charge in [-0.25, -0.2) is 4.98 Å². The number of pyridine rings is 1. The van der Waals surface area contributed by atoms with Gasteiger partial charge in [0.15, 0.2) is 0 Å². The zero-order chi connectivity index (χ0) is 23.5. The van der Waals surface area contributed by atoms with Crippen LogP contribution in [0.5, 0.6) is 5.75 Å². The fourth-order valence-electron chi connectivity index (χ4n) is 3.81. The minimum atomic E-state index is -0.443. The van der Waals surface area contributed by atoms with Crippen molar-refractivity contribution in [1.82, 2.24) is 20.2 Å². The van der Waals surface area contributed by atoms with Gasteiger partial charge in [-0.2, -0.15) is 0 Å². The number of aryl methyl sites for hydroxylation is 2. The SMILES string of the molecule is CCCCc1[nH]c(=O)c(-c2nnc(Cc3csc(C)n3)o2)c(O)c1-c1cccc(C(C)C)c1. The molecule has 3 aromatic heterocycles. The standard InChI is InChI=1S/C25H28N4O3S/c1-5-6-10-19-21(17-9-7-8-16(11-17)14(2)3)23(30)22(24(31)27-19)25-29-28-20(32-25)12-18-13-33-15(4)26-18/h7-9,11,13-14H,5-6,10,12H2,1-4H3,(H2,27,30,31). The number of benzene rings is 1. The molecule has 0 aliphatic rings. The minimum absolute atomic E-state index is 0.000919. The number of hydrogen-bond acceptors (Lipinski definition) is 7. The van der Waals surface area contributed by atoms with Gasteiger partial charge in [-0.3, -0.25) is 4.79 Å². The van der Waals surface area contributed by atoms with E-state index in [9.17, 15) is 9.90 Å². The quantitative estimate of drug-likeness (QED) is 0.351. The molecule has 7 nitrogen and oxygen atoms in total. The number of H-pyrrole nitrogens is 1. The zero-order valence-electron chi connectivity index (χ0n) is 19.3. The first kappa shape index (κ1) is 22.9. The second-order valence-corrected chi connectivity index (χ2v) is 9.51. The molecular weight excluding hydrogens is 436 g/mol. The molecule has 3 heterocycles. The molecule has 4 aromatic rings. The first-order valence-corrected chi connectivity index (χ1v) is 12.1. The summed E-state index contributed by atoms with van der Waals surface area (Å²) < 4.78 is 5.78. The predicted octanol–water partition coefficient (Wildman–Crippen LogP) is 5.62. The maximum Gasteiger partial charge on any atom is 0.264 e. The van der Waals surface area contributed by atoms with Gasteiger partial charge >= 0.3 is 0 Å². The van der Waals surface area contributed by atoms with E-state index in [1.807, 2.05) is 24.4 Å². The summed E-state index contributed by atoms with van der Waals surface area (Å²) in [6, 6.07) is 8.04. The summed E-state index contributed by atoms with van der Waals surface area (Å²) in [7, 11) is 0. The molecule has 0 spiro atoms. The van der Waals surface area contributed by atoms with Crippen molar-refractivity contribution in [2.24, 2.45) is 0 Å². The fraction of sp³-hybridized carbons (Fsp3) is 0.360. The molecule has 0 saturated carbocycles. The topological polar surface area (TPSA) is 105 Å². The number of unbranched alkanes of at least 4 members (excludes halogenated alkanes) is 1. The molecule has 0 aliphatic carbocycles. The molecule has 0 unspecified atom stereocenters. The molecule has 0 radical (unpaired) electrons. The van der Waals surface area contributed by atoms with Gasteiger partial charge in [0.25, 0.3) is 11.4 Å². The Morgan fingerprint density at radius 2 is 2.03 bits per heavy atom. The van der Waals surface area contributed by atoms with Crippen molar-refractivity contribution >= 4 is 11.3 Å². The van der Waals surface area contributed by atoms with E-state index in [0.717, 1.165) is 34.7 Å². The molecular formula is C25H28N4O3S. The lowest BCUT2D eigenvalue weighted by molar-refractivity contribution is 0.468. The van der Waals surface area contributed by atoms with Crippen molar-refractivity contribution in [1.29, 1.82) is 0 Å². The molecule has 0 aliphatic heterocycles. The van der Waals surface area contributed by atoms with E-state index in [0.29, 0.717) is 35.9 Å². The Morgan fingerprint density at radius 1 is 1.21 bits per heavy atom. The van der Waals surface area contributed by atoms with Gasteiger partial charge < -0.3 is 14.5 Å². The third kappa shape index (κ3) is 4.90. The molecule has 8 heteroatoms. The molecule has 33 heavy (non-hydrogen) atoms. The van der Waals surface area contributed by atoms with Crippen LogP contribution in [0.25, 0.3) is 22.6 Å². The molecule has 0 amide bonds. The first-order valence-electron chi connectivity index (χ1n) is 11.2. The van der Waals surface area contributed by atoms with E-state index in [4.69, 9.17) is 4.42 Å². The van der Waals surface area contributed by atoms with Crippen molar-refractivity contribution in [3.63, 3.8) is 0 Å². The van der Waals surface area contributed by atoms with Gasteiger partial charge in [0, 0.05) is 16.6 Å². The number of aromatic amines is 1. The van der Waals surface area contributed by atoms with Crippen LogP contribution >= 0.6 is 11.3 Å². The number of aromatic hydroxyl groups is 1. The summed E-state index contributed by atoms with van der Waals surface area (Å²) >= 11 is 1.55. The lowest BCUT2D eigenvalue weighted by atomic mass is 9.93. The largest absolute Gasteiger partial charge is 0.506 e. The van der Waals surface area contributed by atoms with Crippen LogP contribution in [-0.2, 0) is 12.8 Å². The number of hydrogen-bond donors (Lipinski definition) is 2. The summed E-state index contributed by atoms with van der Waals surface area (Å²) in [5.41, 5.74) is 3.69. The lowest BCUT2D eigenvalue weighted by Crippen LogP contribution is -2.14. The van der Waals surface area contributed by atoms with Crippen LogP contribution in [0.1, 0.15) is 67.4 Å². The van der Waals surface area contributed by atoms with E-state index in [2.05, 4.69) is 53.1 Å². The van der Waals surface area contributed by atoms with Crippen LogP contribution < -0.4 is 5.56 Å². The highest BCUT2D eigenvalue weighted by atomic mass is 32.1. The van der Waals surface area contributed by atoms with Crippen molar-refractivity contribution in [2.45, 2.75) is 59.3 Å². The van der Waals surface area contributed by atoms with E-state index in [1.165, 1.54) is 0 Å². The Hall–Kier alpha value is -3.26. The summed E-state index contributed by atoms with van der Waals surface area (Å²) in [6.07, 6.45) is 2.88. The van der Waals surface area contributed by atoms with Gasteiger partial charge in [-0.15, -0.1) is 21.5 Å². The molecule has 2 N–H and O–H groups in total. The summed E-state index contributed by atoms with van der Waals surface area (Å²) in [6.45, 7) is 8.27.